The van der Waals surface area contributed by atoms with Gasteiger partial charge in [0.25, 0.3) is 0 Å². The third-order valence-electron chi connectivity index (χ3n) is 2.06. The minimum absolute atomic E-state index is 0.147. The summed E-state index contributed by atoms with van der Waals surface area (Å²) in [4.78, 5) is 0. The Morgan fingerprint density at radius 1 is 1.09 bits per heavy atom. The van der Waals surface area contributed by atoms with Crippen LogP contribution in [0.1, 0.15) is 52.4 Å². The minimum Gasteiger partial charge on any atom is -0.325 e. The lowest BCUT2D eigenvalue weighted by molar-refractivity contribution is 0.416. The van der Waals surface area contributed by atoms with Crippen molar-refractivity contribution in [2.45, 2.75) is 57.9 Å². The first-order chi connectivity index (χ1) is 5.12. The van der Waals surface area contributed by atoms with Crippen LogP contribution in [0.3, 0.4) is 0 Å². The Kier molecular flexibility index (Phi) is 5.57. The largest absolute Gasteiger partial charge is 0.325 e. The van der Waals surface area contributed by atoms with Gasteiger partial charge < -0.3 is 5.73 Å². The maximum absolute atomic E-state index is 5.98. The summed E-state index contributed by atoms with van der Waals surface area (Å²) < 4.78 is 0. The molecule has 0 aliphatic rings. The standard InChI is InChI=1S/C10H22N/c1-4-6-8-10(3,11)9-7-5-2/h3-9,11H2,1-2H3. The molecule has 11 heavy (non-hydrogen) atoms. The molecule has 0 aliphatic carbocycles. The molecular formula is C10H22N. The van der Waals surface area contributed by atoms with Crippen molar-refractivity contribution < 1.29 is 0 Å². The van der Waals surface area contributed by atoms with Crippen LogP contribution in [0.2, 0.25) is 0 Å². The quantitative estimate of drug-likeness (QED) is 0.628. The molecule has 0 unspecified atom stereocenters. The van der Waals surface area contributed by atoms with E-state index in [0.29, 0.717) is 0 Å². The minimum atomic E-state index is -0.147. The van der Waals surface area contributed by atoms with E-state index in [1.54, 1.807) is 0 Å². The summed E-state index contributed by atoms with van der Waals surface area (Å²) in [6.45, 7) is 8.40. The van der Waals surface area contributed by atoms with Crippen LogP contribution in [0.4, 0.5) is 0 Å². The van der Waals surface area contributed by atoms with Crippen molar-refractivity contribution in [3.05, 3.63) is 6.92 Å². The summed E-state index contributed by atoms with van der Waals surface area (Å²) in [5.41, 5.74) is 5.83. The number of hydrogen-bond donors (Lipinski definition) is 1. The van der Waals surface area contributed by atoms with Gasteiger partial charge in [-0.2, -0.15) is 0 Å². The van der Waals surface area contributed by atoms with Gasteiger partial charge >= 0.3 is 0 Å². The van der Waals surface area contributed by atoms with E-state index in [1.807, 2.05) is 0 Å². The molecule has 0 fully saturated rings. The summed E-state index contributed by atoms with van der Waals surface area (Å²) in [6, 6.07) is 0. The second-order valence-corrected chi connectivity index (χ2v) is 3.57. The molecule has 67 valence electrons. The summed E-state index contributed by atoms with van der Waals surface area (Å²) in [7, 11) is 0. The van der Waals surface area contributed by atoms with Gasteiger partial charge in [0.05, 0.1) is 0 Å². The van der Waals surface area contributed by atoms with Crippen LogP contribution in [-0.4, -0.2) is 5.54 Å². The van der Waals surface area contributed by atoms with E-state index in [9.17, 15) is 0 Å². The van der Waals surface area contributed by atoms with Crippen LogP contribution in [0.15, 0.2) is 0 Å². The summed E-state index contributed by atoms with van der Waals surface area (Å²) >= 11 is 0. The van der Waals surface area contributed by atoms with Crippen molar-refractivity contribution in [2.24, 2.45) is 5.73 Å². The van der Waals surface area contributed by atoms with Gasteiger partial charge in [-0.1, -0.05) is 39.5 Å². The van der Waals surface area contributed by atoms with Gasteiger partial charge in [-0.05, 0) is 19.8 Å². The highest BCUT2D eigenvalue weighted by Crippen LogP contribution is 2.16. The molecule has 1 radical (unpaired) electrons. The molecule has 1 heteroatoms. The van der Waals surface area contributed by atoms with Crippen LogP contribution in [0, 0.1) is 6.92 Å². The van der Waals surface area contributed by atoms with E-state index in [0.717, 1.165) is 12.8 Å². The Balaban J connectivity index is 3.43. The van der Waals surface area contributed by atoms with E-state index < -0.39 is 0 Å². The molecule has 0 spiro atoms. The Morgan fingerprint density at radius 3 is 1.73 bits per heavy atom. The Bertz CT molecular complexity index is 76.9. The smallest absolute Gasteiger partial charge is 0.0155 e. The fourth-order valence-electron chi connectivity index (χ4n) is 1.18. The molecule has 0 heterocycles. The molecular weight excluding hydrogens is 134 g/mol. The molecule has 0 bridgehead atoms. The van der Waals surface area contributed by atoms with Crippen LogP contribution >= 0.6 is 0 Å². The summed E-state index contributed by atoms with van der Waals surface area (Å²) in [5, 5.41) is 0. The van der Waals surface area contributed by atoms with Gasteiger partial charge in [0.15, 0.2) is 0 Å². The number of nitrogens with two attached hydrogens (primary N) is 1. The average molecular weight is 156 g/mol. The average Bonchev–Trinajstić information content (AvgIpc) is 1.97. The van der Waals surface area contributed by atoms with Crippen molar-refractivity contribution in [1.29, 1.82) is 0 Å². The molecule has 0 amide bonds. The molecule has 0 aliphatic heterocycles. The van der Waals surface area contributed by atoms with Crippen molar-refractivity contribution in [3.8, 4) is 0 Å². The lowest BCUT2D eigenvalue weighted by Crippen LogP contribution is -2.36. The topological polar surface area (TPSA) is 26.0 Å². The van der Waals surface area contributed by atoms with Crippen LogP contribution in [0.25, 0.3) is 0 Å². The van der Waals surface area contributed by atoms with Gasteiger partial charge in [0.2, 0.25) is 0 Å². The number of unbranched alkanes of at least 4 members (excludes halogenated alkanes) is 2. The van der Waals surface area contributed by atoms with E-state index in [2.05, 4.69) is 20.8 Å². The highest BCUT2D eigenvalue weighted by molar-refractivity contribution is 4.85. The lowest BCUT2D eigenvalue weighted by atomic mass is 9.90. The van der Waals surface area contributed by atoms with E-state index in [4.69, 9.17) is 5.73 Å². The monoisotopic (exact) mass is 156 g/mol. The van der Waals surface area contributed by atoms with Crippen LogP contribution in [-0.2, 0) is 0 Å². The van der Waals surface area contributed by atoms with Crippen molar-refractivity contribution >= 4 is 0 Å². The molecule has 0 rings (SSSR count). The first-order valence-electron chi connectivity index (χ1n) is 4.76. The second kappa shape index (κ2) is 5.59. The van der Waals surface area contributed by atoms with Gasteiger partial charge in [0.1, 0.15) is 0 Å². The Morgan fingerprint density at radius 2 is 1.45 bits per heavy atom. The van der Waals surface area contributed by atoms with E-state index in [1.165, 1.54) is 25.7 Å². The van der Waals surface area contributed by atoms with E-state index in [-0.39, 0.29) is 5.54 Å². The molecule has 2 N–H and O–H groups in total. The van der Waals surface area contributed by atoms with Crippen molar-refractivity contribution in [1.82, 2.24) is 0 Å². The lowest BCUT2D eigenvalue weighted by Gasteiger charge is -2.23. The fraction of sp³-hybridized carbons (Fsp3) is 0.900. The highest BCUT2D eigenvalue weighted by Gasteiger charge is 2.15. The summed E-state index contributed by atoms with van der Waals surface area (Å²) in [5.74, 6) is 0. The molecule has 0 saturated heterocycles. The maximum Gasteiger partial charge on any atom is 0.0155 e. The van der Waals surface area contributed by atoms with Gasteiger partial charge in [-0.25, -0.2) is 0 Å². The van der Waals surface area contributed by atoms with Gasteiger partial charge in [-0.3, -0.25) is 0 Å². The predicted octanol–water partition coefficient (Wildman–Crippen LogP) is 2.90. The summed E-state index contributed by atoms with van der Waals surface area (Å²) in [6.07, 6.45) is 7.02. The van der Waals surface area contributed by atoms with Crippen molar-refractivity contribution in [3.63, 3.8) is 0 Å². The molecule has 0 aromatic heterocycles. The van der Waals surface area contributed by atoms with Crippen LogP contribution in [0.5, 0.6) is 0 Å². The fourth-order valence-corrected chi connectivity index (χ4v) is 1.18. The Labute approximate surface area is 71.4 Å². The third-order valence-corrected chi connectivity index (χ3v) is 2.06. The van der Waals surface area contributed by atoms with Crippen LogP contribution < -0.4 is 5.73 Å². The molecule has 0 atom stereocenters. The maximum atomic E-state index is 5.98. The predicted molar refractivity (Wildman–Crippen MR) is 51.3 cm³/mol. The highest BCUT2D eigenvalue weighted by atomic mass is 14.7. The first kappa shape index (κ1) is 11.0. The van der Waals surface area contributed by atoms with Gasteiger partial charge in [-0.15, -0.1) is 0 Å². The first-order valence-corrected chi connectivity index (χ1v) is 4.76. The molecule has 0 aromatic rings. The zero-order valence-electron chi connectivity index (χ0n) is 8.03. The zero-order chi connectivity index (χ0) is 8.74. The normalized spacial score (nSPS) is 12.0. The van der Waals surface area contributed by atoms with E-state index >= 15 is 0 Å². The molecule has 1 nitrogen and oxygen atoms in total. The Hall–Kier alpha value is -0.0400. The zero-order valence-corrected chi connectivity index (χ0v) is 8.03. The SMILES string of the molecule is [CH2]C(N)(CCCC)CCCC. The number of hydrogen-bond acceptors (Lipinski definition) is 1. The molecule has 0 saturated carbocycles. The molecule has 0 aromatic carbocycles. The second-order valence-electron chi connectivity index (χ2n) is 3.57. The number of rotatable bonds is 6. The van der Waals surface area contributed by atoms with Gasteiger partial charge in [0, 0.05) is 5.54 Å². The third kappa shape index (κ3) is 6.36. The van der Waals surface area contributed by atoms with Crippen molar-refractivity contribution in [2.75, 3.05) is 0 Å².